The minimum Gasteiger partial charge on any atom is -0.497 e. The molecule has 2 aromatic carbocycles. The molecule has 0 aliphatic carbocycles. The van der Waals surface area contributed by atoms with Gasteiger partial charge in [0.1, 0.15) is 23.9 Å². The van der Waals surface area contributed by atoms with E-state index in [4.69, 9.17) is 37.9 Å². The number of aldehydes is 1. The summed E-state index contributed by atoms with van der Waals surface area (Å²) in [5, 5.41) is 9.29. The zero-order chi connectivity index (χ0) is 31.3. The van der Waals surface area contributed by atoms with Crippen LogP contribution in [0.15, 0.2) is 48.5 Å². The second-order valence-corrected chi connectivity index (χ2v) is 11.4. The Morgan fingerprint density at radius 3 is 1.45 bits per heavy atom. The molecule has 2 aliphatic rings. The molecule has 10 heteroatoms. The first-order valence-corrected chi connectivity index (χ1v) is 14.7. The summed E-state index contributed by atoms with van der Waals surface area (Å²) < 4.78 is 44.5. The minimum absolute atomic E-state index is 0. The van der Waals surface area contributed by atoms with Crippen LogP contribution in [-0.4, -0.2) is 81.4 Å². The summed E-state index contributed by atoms with van der Waals surface area (Å²) in [5.41, 5.74) is 2.19. The van der Waals surface area contributed by atoms with Crippen LogP contribution < -0.4 is 9.47 Å². The van der Waals surface area contributed by atoms with Crippen LogP contribution in [0, 0.1) is 0 Å². The van der Waals surface area contributed by atoms with Gasteiger partial charge in [-0.3, -0.25) is 0 Å². The molecule has 0 spiro atoms. The molecular formula is C34H52O10. The van der Waals surface area contributed by atoms with Crippen molar-refractivity contribution in [3.63, 3.8) is 0 Å². The molecular weight excluding hydrogens is 568 g/mol. The molecule has 10 nitrogen and oxygen atoms in total. The van der Waals surface area contributed by atoms with Gasteiger partial charge in [0.15, 0.2) is 11.6 Å². The Morgan fingerprint density at radius 1 is 0.682 bits per heavy atom. The number of methoxy groups -OCH3 is 2. The van der Waals surface area contributed by atoms with Crippen molar-refractivity contribution in [1.82, 2.24) is 0 Å². The molecule has 4 atom stereocenters. The number of carbonyl (C=O) groups is 1. The van der Waals surface area contributed by atoms with E-state index in [1.54, 1.807) is 14.2 Å². The Bertz CT molecular complexity index is 1070. The smallest absolute Gasteiger partial charge is 0.163 e. The lowest BCUT2D eigenvalue weighted by molar-refractivity contribution is -0.150. The third-order valence-corrected chi connectivity index (χ3v) is 7.03. The van der Waals surface area contributed by atoms with E-state index >= 15 is 0 Å². The SMILES string of the molecule is C.COc1ccc(COCC[C@@H]2OC(C)(C)O[C@@H]2CC=O)cc1.COc1ccc(COCC[C@@H]2OC(C)(C)O[C@@H]2CO)cc1. The first-order chi connectivity index (χ1) is 20.6. The molecule has 2 aromatic rings. The normalized spacial score (nSPS) is 23.2. The highest BCUT2D eigenvalue weighted by molar-refractivity contribution is 5.50. The molecule has 1 N–H and O–H groups in total. The van der Waals surface area contributed by atoms with Crippen molar-refractivity contribution >= 4 is 6.29 Å². The predicted octanol–water partition coefficient (Wildman–Crippen LogP) is 5.46. The van der Waals surface area contributed by atoms with Crippen LogP contribution in [0.1, 0.15) is 65.5 Å². The van der Waals surface area contributed by atoms with Gasteiger partial charge in [-0.05, 0) is 75.9 Å². The summed E-state index contributed by atoms with van der Waals surface area (Å²) in [6.45, 7) is 9.61. The van der Waals surface area contributed by atoms with Gasteiger partial charge in [-0.25, -0.2) is 0 Å². The fourth-order valence-corrected chi connectivity index (χ4v) is 4.98. The first-order valence-electron chi connectivity index (χ1n) is 14.7. The van der Waals surface area contributed by atoms with Gasteiger partial charge < -0.3 is 47.8 Å². The molecule has 0 amide bonds. The van der Waals surface area contributed by atoms with Crippen LogP contribution in [0.2, 0.25) is 0 Å². The third kappa shape index (κ3) is 12.4. The molecule has 4 rings (SSSR count). The third-order valence-electron chi connectivity index (χ3n) is 7.03. The number of ether oxygens (including phenoxy) is 8. The van der Waals surface area contributed by atoms with Crippen molar-refractivity contribution in [3.8, 4) is 11.5 Å². The molecule has 2 aliphatic heterocycles. The molecule has 0 bridgehead atoms. The monoisotopic (exact) mass is 620 g/mol. The van der Waals surface area contributed by atoms with Gasteiger partial charge in [0, 0.05) is 19.6 Å². The molecule has 0 aromatic heterocycles. The number of benzene rings is 2. The Labute approximate surface area is 262 Å². The Kier molecular flexibility index (Phi) is 15.7. The van der Waals surface area contributed by atoms with Crippen molar-refractivity contribution < 1.29 is 47.8 Å². The number of rotatable bonds is 15. The van der Waals surface area contributed by atoms with E-state index in [1.807, 2.05) is 76.2 Å². The molecule has 44 heavy (non-hydrogen) atoms. The van der Waals surface area contributed by atoms with Crippen LogP contribution >= 0.6 is 0 Å². The quantitative estimate of drug-likeness (QED) is 0.204. The van der Waals surface area contributed by atoms with Gasteiger partial charge in [-0.1, -0.05) is 31.7 Å². The molecule has 0 unspecified atom stereocenters. The molecule has 2 heterocycles. The van der Waals surface area contributed by atoms with Crippen molar-refractivity contribution in [3.05, 3.63) is 59.7 Å². The molecule has 248 valence electrons. The van der Waals surface area contributed by atoms with E-state index in [9.17, 15) is 9.90 Å². The number of carbonyl (C=O) groups excluding carboxylic acids is 1. The summed E-state index contributed by atoms with van der Waals surface area (Å²) in [4.78, 5) is 10.7. The van der Waals surface area contributed by atoms with Gasteiger partial charge in [0.25, 0.3) is 0 Å². The van der Waals surface area contributed by atoms with E-state index in [0.29, 0.717) is 45.7 Å². The predicted molar refractivity (Wildman–Crippen MR) is 167 cm³/mol. The van der Waals surface area contributed by atoms with E-state index in [0.717, 1.165) is 28.9 Å². The number of hydrogen-bond acceptors (Lipinski definition) is 10. The lowest BCUT2D eigenvalue weighted by atomic mass is 10.1. The van der Waals surface area contributed by atoms with E-state index in [2.05, 4.69) is 0 Å². The van der Waals surface area contributed by atoms with Crippen LogP contribution in [-0.2, 0) is 46.4 Å². The maximum absolute atomic E-state index is 10.7. The van der Waals surface area contributed by atoms with Crippen molar-refractivity contribution in [2.45, 2.75) is 104 Å². The highest BCUT2D eigenvalue weighted by Crippen LogP contribution is 2.31. The van der Waals surface area contributed by atoms with E-state index in [-0.39, 0.29) is 38.4 Å². The fraction of sp³-hybridized carbons (Fsp3) is 0.618. The minimum atomic E-state index is -0.631. The highest BCUT2D eigenvalue weighted by Gasteiger charge is 2.41. The number of aliphatic hydroxyl groups excluding tert-OH is 1. The largest absolute Gasteiger partial charge is 0.497 e. The molecule has 2 saturated heterocycles. The maximum atomic E-state index is 10.7. The second-order valence-electron chi connectivity index (χ2n) is 11.4. The van der Waals surface area contributed by atoms with Gasteiger partial charge in [0.2, 0.25) is 0 Å². The Morgan fingerprint density at radius 2 is 1.07 bits per heavy atom. The van der Waals surface area contributed by atoms with Gasteiger partial charge in [-0.15, -0.1) is 0 Å². The lowest BCUT2D eigenvalue weighted by Gasteiger charge is -2.16. The molecule has 0 saturated carbocycles. The zero-order valence-electron chi connectivity index (χ0n) is 26.3. The summed E-state index contributed by atoms with van der Waals surface area (Å²) in [5.74, 6) is 0.407. The zero-order valence-corrected chi connectivity index (χ0v) is 26.3. The van der Waals surface area contributed by atoms with E-state index < -0.39 is 11.6 Å². The van der Waals surface area contributed by atoms with Crippen molar-refractivity contribution in [1.29, 1.82) is 0 Å². The topological polar surface area (TPSA) is 111 Å². The standard InChI is InChI=1S/C17H24O5.C16H24O5.CH4/c1-17(2)21-15(8-10-18)16(22-17)9-11-20-12-13-4-6-14(19-3)7-5-13;1-16(2)20-14(15(10-17)21-16)8-9-19-11-12-4-6-13(18-3)7-5-12;/h4-7,10,15-16H,8-9,11-12H2,1-3H3;4-7,14-15,17H,8-11H2,1-3H3;1H4/t15-,16+;14-,15+;/m10./s1. The fourth-order valence-electron chi connectivity index (χ4n) is 4.98. The Balaban J connectivity index is 0.000000300. The van der Waals surface area contributed by atoms with Gasteiger partial charge in [-0.2, -0.15) is 0 Å². The van der Waals surface area contributed by atoms with Crippen LogP contribution in [0.3, 0.4) is 0 Å². The van der Waals surface area contributed by atoms with Crippen LogP contribution in [0.25, 0.3) is 0 Å². The summed E-state index contributed by atoms with van der Waals surface area (Å²) in [7, 11) is 3.29. The van der Waals surface area contributed by atoms with Crippen molar-refractivity contribution in [2.75, 3.05) is 34.0 Å². The van der Waals surface area contributed by atoms with Gasteiger partial charge >= 0.3 is 0 Å². The Hall–Kier alpha value is -2.57. The lowest BCUT2D eigenvalue weighted by Crippen LogP contribution is -2.27. The highest BCUT2D eigenvalue weighted by atomic mass is 16.8. The van der Waals surface area contributed by atoms with Gasteiger partial charge in [0.05, 0.1) is 52.4 Å². The van der Waals surface area contributed by atoms with Crippen LogP contribution in [0.5, 0.6) is 11.5 Å². The average molecular weight is 621 g/mol. The summed E-state index contributed by atoms with van der Waals surface area (Å²) in [6.07, 6.45) is 1.95. The van der Waals surface area contributed by atoms with E-state index in [1.165, 1.54) is 0 Å². The second kappa shape index (κ2) is 18.4. The molecule has 0 radical (unpaired) electrons. The van der Waals surface area contributed by atoms with Crippen LogP contribution in [0.4, 0.5) is 0 Å². The van der Waals surface area contributed by atoms with Crippen molar-refractivity contribution in [2.24, 2.45) is 0 Å². The molecule has 2 fully saturated rings. The first kappa shape index (κ1) is 37.6. The average Bonchev–Trinajstić information content (AvgIpc) is 3.46. The number of aliphatic hydroxyl groups is 1. The number of hydrogen-bond donors (Lipinski definition) is 1. The summed E-state index contributed by atoms with van der Waals surface area (Å²) >= 11 is 0. The summed E-state index contributed by atoms with van der Waals surface area (Å²) in [6, 6.07) is 15.6. The maximum Gasteiger partial charge on any atom is 0.163 e.